The van der Waals surface area contributed by atoms with Crippen LogP contribution in [0.3, 0.4) is 0 Å². The first kappa shape index (κ1) is 21.0. The van der Waals surface area contributed by atoms with Gasteiger partial charge in [0.2, 0.25) is 11.7 Å². The Bertz CT molecular complexity index is 1250. The van der Waals surface area contributed by atoms with Crippen LogP contribution < -0.4 is 4.74 Å². The Hall–Kier alpha value is -3.86. The normalized spacial score (nSPS) is 14.0. The molecule has 1 aliphatic rings. The zero-order valence-corrected chi connectivity index (χ0v) is 17.7. The molecule has 170 valence electrons. The smallest absolute Gasteiger partial charge is 0.264 e. The maximum atomic E-state index is 13.0. The summed E-state index contributed by atoms with van der Waals surface area (Å²) in [7, 11) is 0. The van der Waals surface area contributed by atoms with Crippen molar-refractivity contribution in [3.63, 3.8) is 0 Å². The van der Waals surface area contributed by atoms with Gasteiger partial charge in [-0.15, -0.1) is 5.10 Å². The number of morpholine rings is 1. The Balaban J connectivity index is 1.23. The number of aryl methyl sites for hydroxylation is 1. The molecule has 1 fully saturated rings. The van der Waals surface area contributed by atoms with E-state index in [9.17, 15) is 9.18 Å². The van der Waals surface area contributed by atoms with E-state index in [0.717, 1.165) is 11.1 Å². The molecular formula is C22H21FN6O4. The summed E-state index contributed by atoms with van der Waals surface area (Å²) < 4.78 is 30.8. The predicted molar refractivity (Wildman–Crippen MR) is 114 cm³/mol. The average molecular weight is 452 g/mol. The highest BCUT2D eigenvalue weighted by molar-refractivity contribution is 5.80. The summed E-state index contributed by atoms with van der Waals surface area (Å²) in [5.74, 6) is 0.937. The van der Waals surface area contributed by atoms with Crippen LogP contribution in [-0.2, 0) is 22.7 Å². The van der Waals surface area contributed by atoms with E-state index in [1.165, 1.54) is 24.3 Å². The number of carbonyl (C=O) groups is 1. The van der Waals surface area contributed by atoms with E-state index in [0.29, 0.717) is 62.3 Å². The molecule has 2 aromatic carbocycles. The number of ether oxygens (including phenoxy) is 2. The predicted octanol–water partition coefficient (Wildman–Crippen LogP) is 2.45. The summed E-state index contributed by atoms with van der Waals surface area (Å²) in [5.41, 5.74) is 2.20. The molecule has 2 aromatic heterocycles. The number of rotatable bonds is 7. The minimum absolute atomic E-state index is 0.0637. The Morgan fingerprint density at radius 1 is 1.12 bits per heavy atom. The van der Waals surface area contributed by atoms with Crippen molar-refractivity contribution < 1.29 is 23.2 Å². The second kappa shape index (κ2) is 9.33. The van der Waals surface area contributed by atoms with Gasteiger partial charge in [0.15, 0.2) is 6.61 Å². The number of amides is 1. The quantitative estimate of drug-likeness (QED) is 0.421. The number of fused-ring (bicyclic) bond motifs is 1. The largest absolute Gasteiger partial charge is 0.484 e. The van der Waals surface area contributed by atoms with Gasteiger partial charge in [-0.25, -0.2) is 9.07 Å². The van der Waals surface area contributed by atoms with Gasteiger partial charge in [-0.3, -0.25) is 4.79 Å². The fourth-order valence-corrected chi connectivity index (χ4v) is 3.56. The van der Waals surface area contributed by atoms with Crippen molar-refractivity contribution in [2.45, 2.75) is 19.6 Å². The van der Waals surface area contributed by atoms with Gasteiger partial charge in [-0.2, -0.15) is 4.98 Å². The molecule has 1 amide bonds. The van der Waals surface area contributed by atoms with Crippen LogP contribution in [0.25, 0.3) is 22.4 Å². The highest BCUT2D eigenvalue weighted by Gasteiger charge is 2.18. The van der Waals surface area contributed by atoms with Crippen molar-refractivity contribution >= 4 is 16.9 Å². The highest BCUT2D eigenvalue weighted by Crippen LogP contribution is 2.22. The average Bonchev–Trinajstić information content (AvgIpc) is 3.49. The maximum Gasteiger partial charge on any atom is 0.264 e. The van der Waals surface area contributed by atoms with Crippen LogP contribution in [0.5, 0.6) is 5.75 Å². The third-order valence-electron chi connectivity index (χ3n) is 5.32. The molecular weight excluding hydrogens is 431 g/mol. The molecule has 5 rings (SSSR count). The minimum atomic E-state index is -0.335. The SMILES string of the molecule is O=C(CCn1nnc2cc(-c3noc(COc4ccc(F)cc4)n3)ccc21)N1CCOCC1. The van der Waals surface area contributed by atoms with Crippen molar-refractivity contribution in [2.24, 2.45) is 0 Å². The van der Waals surface area contributed by atoms with Gasteiger partial charge in [0.1, 0.15) is 17.1 Å². The fourth-order valence-electron chi connectivity index (χ4n) is 3.56. The van der Waals surface area contributed by atoms with Crippen LogP contribution in [-0.4, -0.2) is 62.2 Å². The molecule has 4 aromatic rings. The summed E-state index contributed by atoms with van der Waals surface area (Å²) in [5, 5.41) is 12.4. The summed E-state index contributed by atoms with van der Waals surface area (Å²) in [4.78, 5) is 18.5. The molecule has 33 heavy (non-hydrogen) atoms. The van der Waals surface area contributed by atoms with Crippen molar-refractivity contribution in [2.75, 3.05) is 26.3 Å². The Morgan fingerprint density at radius 3 is 2.76 bits per heavy atom. The molecule has 0 unspecified atom stereocenters. The van der Waals surface area contributed by atoms with Crippen molar-refractivity contribution in [3.8, 4) is 17.1 Å². The van der Waals surface area contributed by atoms with Crippen molar-refractivity contribution in [3.05, 3.63) is 54.2 Å². The van der Waals surface area contributed by atoms with E-state index in [1.807, 2.05) is 23.1 Å². The number of hydrogen-bond donors (Lipinski definition) is 0. The first-order valence-electron chi connectivity index (χ1n) is 10.6. The van der Waals surface area contributed by atoms with Gasteiger partial charge in [-0.05, 0) is 42.5 Å². The third kappa shape index (κ3) is 4.82. The molecule has 10 nitrogen and oxygen atoms in total. The lowest BCUT2D eigenvalue weighted by Crippen LogP contribution is -2.41. The Labute approximate surface area is 187 Å². The zero-order valence-electron chi connectivity index (χ0n) is 17.7. The zero-order chi connectivity index (χ0) is 22.6. The summed E-state index contributed by atoms with van der Waals surface area (Å²) in [6.07, 6.45) is 0.350. The second-order valence-corrected chi connectivity index (χ2v) is 7.51. The molecule has 11 heteroatoms. The first-order chi connectivity index (χ1) is 16.2. The van der Waals surface area contributed by atoms with E-state index in [4.69, 9.17) is 14.0 Å². The van der Waals surface area contributed by atoms with E-state index >= 15 is 0 Å². The van der Waals surface area contributed by atoms with E-state index in [2.05, 4.69) is 20.5 Å². The van der Waals surface area contributed by atoms with Gasteiger partial charge in [0.25, 0.3) is 5.89 Å². The van der Waals surface area contributed by atoms with Crippen molar-refractivity contribution in [1.82, 2.24) is 30.0 Å². The van der Waals surface area contributed by atoms with Crippen LogP contribution in [0.1, 0.15) is 12.3 Å². The molecule has 0 aliphatic carbocycles. The number of carbonyl (C=O) groups excluding carboxylic acids is 1. The van der Waals surface area contributed by atoms with Crippen LogP contribution in [0.15, 0.2) is 47.0 Å². The Kier molecular flexibility index (Phi) is 5.94. The lowest BCUT2D eigenvalue weighted by molar-refractivity contribution is -0.135. The standard InChI is InChI=1S/C22H21FN6O4/c23-16-2-4-17(5-3-16)32-14-20-24-22(26-33-20)15-1-6-19-18(13-15)25-27-29(19)8-7-21(30)28-9-11-31-12-10-28/h1-6,13H,7-12,14H2. The Morgan fingerprint density at radius 2 is 1.94 bits per heavy atom. The topological polar surface area (TPSA) is 108 Å². The van der Waals surface area contributed by atoms with Gasteiger partial charge in [0, 0.05) is 25.1 Å². The summed E-state index contributed by atoms with van der Waals surface area (Å²) in [6, 6.07) is 11.2. The monoisotopic (exact) mass is 452 g/mol. The van der Waals surface area contributed by atoms with Crippen molar-refractivity contribution in [1.29, 1.82) is 0 Å². The third-order valence-corrected chi connectivity index (χ3v) is 5.32. The number of halogens is 1. The minimum Gasteiger partial charge on any atom is -0.484 e. The number of aromatic nitrogens is 5. The van der Waals surface area contributed by atoms with E-state index < -0.39 is 0 Å². The van der Waals surface area contributed by atoms with Crippen LogP contribution in [0.2, 0.25) is 0 Å². The number of benzene rings is 2. The molecule has 0 radical (unpaired) electrons. The number of nitrogens with zero attached hydrogens (tertiary/aromatic N) is 6. The molecule has 0 N–H and O–H groups in total. The van der Waals surface area contributed by atoms with Crippen LogP contribution in [0.4, 0.5) is 4.39 Å². The highest BCUT2D eigenvalue weighted by atomic mass is 19.1. The summed E-state index contributed by atoms with van der Waals surface area (Å²) in [6.45, 7) is 2.92. The van der Waals surface area contributed by atoms with Crippen LogP contribution in [0, 0.1) is 5.82 Å². The first-order valence-corrected chi connectivity index (χ1v) is 10.6. The van der Waals surface area contributed by atoms with Gasteiger partial charge >= 0.3 is 0 Å². The summed E-state index contributed by atoms with van der Waals surface area (Å²) >= 11 is 0. The lowest BCUT2D eigenvalue weighted by atomic mass is 10.2. The number of hydrogen-bond acceptors (Lipinski definition) is 8. The molecule has 0 saturated carbocycles. The molecule has 3 heterocycles. The van der Waals surface area contributed by atoms with Crippen LogP contribution >= 0.6 is 0 Å². The molecule has 1 aliphatic heterocycles. The van der Waals surface area contributed by atoms with Gasteiger partial charge in [-0.1, -0.05) is 10.4 Å². The van der Waals surface area contributed by atoms with E-state index in [1.54, 1.807) is 4.68 Å². The van der Waals surface area contributed by atoms with Gasteiger partial charge < -0.3 is 18.9 Å². The van der Waals surface area contributed by atoms with Gasteiger partial charge in [0.05, 0.1) is 25.3 Å². The fraction of sp³-hybridized carbons (Fsp3) is 0.318. The second-order valence-electron chi connectivity index (χ2n) is 7.51. The maximum absolute atomic E-state index is 13.0. The lowest BCUT2D eigenvalue weighted by Gasteiger charge is -2.26. The molecule has 1 saturated heterocycles. The van der Waals surface area contributed by atoms with E-state index in [-0.39, 0.29) is 18.3 Å². The molecule has 0 bridgehead atoms. The molecule has 0 atom stereocenters. The molecule has 0 spiro atoms.